The van der Waals surface area contributed by atoms with Gasteiger partial charge in [-0.2, -0.15) is 0 Å². The smallest absolute Gasteiger partial charge is 0.150 e. The highest BCUT2D eigenvalue weighted by Gasteiger charge is 2.14. The molecule has 0 atom stereocenters. The Morgan fingerprint density at radius 3 is 2.71 bits per heavy atom. The fourth-order valence-electron chi connectivity index (χ4n) is 1.34. The number of hydrogen-bond donors (Lipinski definition) is 1. The van der Waals surface area contributed by atoms with Crippen LogP contribution in [0.15, 0.2) is 6.33 Å². The number of nitrogens with zero attached hydrogens (tertiary/aromatic N) is 2. The van der Waals surface area contributed by atoms with Gasteiger partial charge < -0.3 is 10.3 Å². The van der Waals surface area contributed by atoms with Gasteiger partial charge in [-0.25, -0.2) is 4.98 Å². The molecule has 14 heavy (non-hydrogen) atoms. The summed E-state index contributed by atoms with van der Waals surface area (Å²) >= 11 is 5.98. The molecule has 0 saturated heterocycles. The Hall–Kier alpha value is -0.540. The van der Waals surface area contributed by atoms with Crippen molar-refractivity contribution in [3.8, 4) is 0 Å². The van der Waals surface area contributed by atoms with Crippen LogP contribution >= 0.6 is 11.6 Å². The molecule has 0 aliphatic rings. The van der Waals surface area contributed by atoms with Crippen molar-refractivity contribution in [2.45, 2.75) is 45.7 Å². The van der Waals surface area contributed by atoms with Gasteiger partial charge in [0.25, 0.3) is 0 Å². The van der Waals surface area contributed by atoms with E-state index in [1.807, 2.05) is 13.8 Å². The molecule has 0 aliphatic heterocycles. The topological polar surface area (TPSA) is 43.8 Å². The van der Waals surface area contributed by atoms with Gasteiger partial charge >= 0.3 is 0 Å². The van der Waals surface area contributed by atoms with Crippen LogP contribution in [0, 0.1) is 0 Å². The third-order valence-electron chi connectivity index (χ3n) is 2.24. The minimum Gasteiger partial charge on any atom is -0.333 e. The lowest BCUT2D eigenvalue weighted by molar-refractivity contribution is 0.469. The van der Waals surface area contributed by atoms with Crippen LogP contribution in [0.4, 0.5) is 0 Å². The van der Waals surface area contributed by atoms with Gasteiger partial charge in [0.15, 0.2) is 0 Å². The Kier molecular flexibility index (Phi) is 3.56. The Labute approximate surface area is 90.3 Å². The van der Waals surface area contributed by atoms with Crippen molar-refractivity contribution in [2.24, 2.45) is 5.73 Å². The van der Waals surface area contributed by atoms with Crippen molar-refractivity contribution in [1.29, 1.82) is 0 Å². The summed E-state index contributed by atoms with van der Waals surface area (Å²) < 4.78 is 2.06. The highest BCUT2D eigenvalue weighted by atomic mass is 35.5. The van der Waals surface area contributed by atoms with Crippen LogP contribution < -0.4 is 5.73 Å². The molecule has 0 bridgehead atoms. The zero-order valence-corrected chi connectivity index (χ0v) is 9.80. The summed E-state index contributed by atoms with van der Waals surface area (Å²) in [5.41, 5.74) is 6.86. The van der Waals surface area contributed by atoms with Crippen molar-refractivity contribution >= 4 is 11.6 Å². The molecule has 0 unspecified atom stereocenters. The maximum atomic E-state index is 5.98. The summed E-state index contributed by atoms with van der Waals surface area (Å²) in [7, 11) is 0. The van der Waals surface area contributed by atoms with Crippen LogP contribution in [-0.4, -0.2) is 15.1 Å². The number of halogens is 1. The van der Waals surface area contributed by atoms with Crippen LogP contribution in [0.1, 0.15) is 32.9 Å². The molecule has 0 aromatic carbocycles. The Morgan fingerprint density at radius 1 is 1.57 bits per heavy atom. The average Bonchev–Trinajstić information content (AvgIpc) is 2.41. The predicted molar refractivity (Wildman–Crippen MR) is 59.5 cm³/mol. The van der Waals surface area contributed by atoms with E-state index < -0.39 is 0 Å². The molecular formula is C10H18ClN3. The standard InChI is InChI=1S/C10H18ClN3/c1-4-14-7-13-9(11)8(14)5-6-10(2,3)12/h7H,4-6,12H2,1-3H3. The SMILES string of the molecule is CCn1cnc(Cl)c1CCC(C)(C)N. The Morgan fingerprint density at radius 2 is 2.21 bits per heavy atom. The number of rotatable bonds is 4. The van der Waals surface area contributed by atoms with Crippen molar-refractivity contribution < 1.29 is 0 Å². The van der Waals surface area contributed by atoms with Gasteiger partial charge in [-0.1, -0.05) is 11.6 Å². The summed E-state index contributed by atoms with van der Waals surface area (Å²) in [6.07, 6.45) is 3.58. The first kappa shape index (κ1) is 11.5. The normalized spacial score (nSPS) is 12.1. The lowest BCUT2D eigenvalue weighted by atomic mass is 9.99. The van der Waals surface area contributed by atoms with E-state index >= 15 is 0 Å². The van der Waals surface area contributed by atoms with Crippen molar-refractivity contribution in [3.05, 3.63) is 17.2 Å². The first-order chi connectivity index (χ1) is 6.44. The van der Waals surface area contributed by atoms with Gasteiger partial charge in [0.05, 0.1) is 12.0 Å². The molecule has 2 N–H and O–H groups in total. The monoisotopic (exact) mass is 215 g/mol. The molecule has 1 rings (SSSR count). The van der Waals surface area contributed by atoms with E-state index in [0.717, 1.165) is 25.1 Å². The largest absolute Gasteiger partial charge is 0.333 e. The molecule has 1 aromatic heterocycles. The Bertz CT molecular complexity index is 299. The lowest BCUT2D eigenvalue weighted by Gasteiger charge is -2.18. The summed E-state index contributed by atoms with van der Waals surface area (Å²) in [4.78, 5) is 4.08. The summed E-state index contributed by atoms with van der Waals surface area (Å²) in [6.45, 7) is 7.02. The van der Waals surface area contributed by atoms with Gasteiger partial charge in [0.2, 0.25) is 0 Å². The zero-order chi connectivity index (χ0) is 10.8. The van der Waals surface area contributed by atoms with Gasteiger partial charge in [-0.15, -0.1) is 0 Å². The Balaban J connectivity index is 2.70. The first-order valence-electron chi connectivity index (χ1n) is 4.92. The molecular weight excluding hydrogens is 198 g/mol. The van der Waals surface area contributed by atoms with E-state index in [1.165, 1.54) is 0 Å². The van der Waals surface area contributed by atoms with E-state index in [1.54, 1.807) is 6.33 Å². The van der Waals surface area contributed by atoms with E-state index in [4.69, 9.17) is 17.3 Å². The van der Waals surface area contributed by atoms with Gasteiger partial charge in [0, 0.05) is 12.1 Å². The number of aromatic nitrogens is 2. The summed E-state index contributed by atoms with van der Waals surface area (Å²) in [6, 6.07) is 0. The van der Waals surface area contributed by atoms with Crippen LogP contribution in [-0.2, 0) is 13.0 Å². The van der Waals surface area contributed by atoms with E-state index in [2.05, 4.69) is 16.5 Å². The van der Waals surface area contributed by atoms with Gasteiger partial charge in [0.1, 0.15) is 5.15 Å². The van der Waals surface area contributed by atoms with Crippen LogP contribution in [0.3, 0.4) is 0 Å². The number of imidazole rings is 1. The maximum absolute atomic E-state index is 5.98. The van der Waals surface area contributed by atoms with Crippen molar-refractivity contribution in [3.63, 3.8) is 0 Å². The molecule has 0 amide bonds. The number of aryl methyl sites for hydroxylation is 1. The average molecular weight is 216 g/mol. The first-order valence-corrected chi connectivity index (χ1v) is 5.30. The van der Waals surface area contributed by atoms with Gasteiger partial charge in [-0.3, -0.25) is 0 Å². The van der Waals surface area contributed by atoms with Gasteiger partial charge in [-0.05, 0) is 33.6 Å². The highest BCUT2D eigenvalue weighted by Crippen LogP contribution is 2.18. The molecule has 1 aromatic rings. The van der Waals surface area contributed by atoms with Crippen molar-refractivity contribution in [2.75, 3.05) is 0 Å². The summed E-state index contributed by atoms with van der Waals surface area (Å²) in [5, 5.41) is 0.608. The predicted octanol–water partition coefficient (Wildman–Crippen LogP) is 2.23. The molecule has 1 heterocycles. The van der Waals surface area contributed by atoms with Crippen molar-refractivity contribution in [1.82, 2.24) is 9.55 Å². The highest BCUT2D eigenvalue weighted by molar-refractivity contribution is 6.30. The van der Waals surface area contributed by atoms with E-state index in [-0.39, 0.29) is 5.54 Å². The molecule has 3 nitrogen and oxygen atoms in total. The fraction of sp³-hybridized carbons (Fsp3) is 0.700. The second kappa shape index (κ2) is 4.32. The fourth-order valence-corrected chi connectivity index (χ4v) is 1.59. The zero-order valence-electron chi connectivity index (χ0n) is 9.05. The molecule has 0 radical (unpaired) electrons. The molecule has 0 fully saturated rings. The third kappa shape index (κ3) is 3.00. The van der Waals surface area contributed by atoms with Crippen LogP contribution in [0.2, 0.25) is 5.15 Å². The number of nitrogens with two attached hydrogens (primary N) is 1. The molecule has 0 aliphatic carbocycles. The van der Waals surface area contributed by atoms with Crippen LogP contribution in [0.25, 0.3) is 0 Å². The minimum absolute atomic E-state index is 0.147. The second-order valence-corrected chi connectivity index (χ2v) is 4.61. The van der Waals surface area contributed by atoms with E-state index in [0.29, 0.717) is 5.15 Å². The maximum Gasteiger partial charge on any atom is 0.150 e. The summed E-state index contributed by atoms with van der Waals surface area (Å²) in [5.74, 6) is 0. The second-order valence-electron chi connectivity index (χ2n) is 4.26. The lowest BCUT2D eigenvalue weighted by Crippen LogP contribution is -2.32. The molecule has 80 valence electrons. The molecule has 4 heteroatoms. The molecule has 0 spiro atoms. The minimum atomic E-state index is -0.147. The van der Waals surface area contributed by atoms with E-state index in [9.17, 15) is 0 Å². The quantitative estimate of drug-likeness (QED) is 0.837. The van der Waals surface area contributed by atoms with Crippen LogP contribution in [0.5, 0.6) is 0 Å². The number of hydrogen-bond acceptors (Lipinski definition) is 2. The third-order valence-corrected chi connectivity index (χ3v) is 2.56. The molecule has 0 saturated carbocycles.